The lowest BCUT2D eigenvalue weighted by molar-refractivity contribution is -0.122. The van der Waals surface area contributed by atoms with Crippen molar-refractivity contribution >= 4 is 5.91 Å². The number of carbonyl (C=O) groups is 1. The van der Waals surface area contributed by atoms with Crippen LogP contribution in [0.3, 0.4) is 0 Å². The number of nitrogens with zero attached hydrogens (tertiary/aromatic N) is 2. The molecule has 4 aromatic rings. The SMILES string of the molecule is COc1cc(C(CC(=O)NC(Cc2ccccc2)c2ncn[nH]2)c2oc(C)cc(=O)c2O)ccc1O. The molecule has 0 aliphatic rings. The van der Waals surface area contributed by atoms with Crippen molar-refractivity contribution in [2.75, 3.05) is 7.11 Å². The zero-order valence-corrected chi connectivity index (χ0v) is 19.8. The van der Waals surface area contributed by atoms with Gasteiger partial charge in [0.25, 0.3) is 0 Å². The molecule has 0 saturated carbocycles. The predicted molar refractivity (Wildman–Crippen MR) is 130 cm³/mol. The molecule has 2 aromatic heterocycles. The summed E-state index contributed by atoms with van der Waals surface area (Å²) < 4.78 is 10.9. The van der Waals surface area contributed by atoms with E-state index in [4.69, 9.17) is 9.15 Å². The van der Waals surface area contributed by atoms with Gasteiger partial charge in [-0.3, -0.25) is 14.7 Å². The van der Waals surface area contributed by atoms with Crippen LogP contribution in [0, 0.1) is 6.92 Å². The Balaban J connectivity index is 1.67. The van der Waals surface area contributed by atoms with Gasteiger partial charge in [0.1, 0.15) is 17.9 Å². The van der Waals surface area contributed by atoms with Gasteiger partial charge in [-0.15, -0.1) is 0 Å². The lowest BCUT2D eigenvalue weighted by Gasteiger charge is -2.21. The maximum atomic E-state index is 13.3. The second-order valence-electron chi connectivity index (χ2n) is 8.30. The largest absolute Gasteiger partial charge is 0.504 e. The Kier molecular flexibility index (Phi) is 7.33. The Hall–Kier alpha value is -4.60. The van der Waals surface area contributed by atoms with Gasteiger partial charge in [0.05, 0.1) is 19.1 Å². The quantitative estimate of drug-likeness (QED) is 0.279. The van der Waals surface area contributed by atoms with E-state index in [1.807, 2.05) is 30.3 Å². The number of benzene rings is 2. The van der Waals surface area contributed by atoms with Gasteiger partial charge in [0, 0.05) is 12.5 Å². The van der Waals surface area contributed by atoms with Gasteiger partial charge >= 0.3 is 0 Å². The highest BCUT2D eigenvalue weighted by Crippen LogP contribution is 2.37. The van der Waals surface area contributed by atoms with Crippen LogP contribution < -0.4 is 15.5 Å². The minimum atomic E-state index is -0.848. The van der Waals surface area contributed by atoms with Crippen LogP contribution in [0.4, 0.5) is 0 Å². The van der Waals surface area contributed by atoms with Crippen LogP contribution >= 0.6 is 0 Å². The first kappa shape index (κ1) is 24.5. The van der Waals surface area contributed by atoms with Crippen molar-refractivity contribution < 1.29 is 24.2 Å². The second-order valence-corrected chi connectivity index (χ2v) is 8.30. The van der Waals surface area contributed by atoms with E-state index in [2.05, 4.69) is 20.5 Å². The second kappa shape index (κ2) is 10.8. The number of methoxy groups -OCH3 is 1. The highest BCUT2D eigenvalue weighted by molar-refractivity contribution is 5.78. The number of aromatic amines is 1. The minimum absolute atomic E-state index is 0.0535. The molecule has 0 radical (unpaired) electrons. The molecule has 2 unspecified atom stereocenters. The molecule has 2 heterocycles. The number of phenolic OH excluding ortho intramolecular Hbond substituents is 1. The molecule has 4 N–H and O–H groups in total. The predicted octanol–water partition coefficient (Wildman–Crippen LogP) is 3.11. The highest BCUT2D eigenvalue weighted by atomic mass is 16.5. The number of hydrogen-bond acceptors (Lipinski definition) is 8. The maximum absolute atomic E-state index is 13.3. The Morgan fingerprint density at radius 1 is 1.17 bits per heavy atom. The molecule has 10 nitrogen and oxygen atoms in total. The molecule has 0 saturated heterocycles. The van der Waals surface area contributed by atoms with Crippen LogP contribution in [-0.2, 0) is 11.2 Å². The van der Waals surface area contributed by atoms with E-state index in [1.165, 1.54) is 31.6 Å². The van der Waals surface area contributed by atoms with E-state index >= 15 is 0 Å². The van der Waals surface area contributed by atoms with Gasteiger partial charge in [0.2, 0.25) is 17.1 Å². The standard InChI is InChI=1S/C26H26N4O6/c1-15-10-21(32)24(34)25(36-15)18(17-8-9-20(31)22(12-17)35-2)13-23(33)29-19(26-27-14-28-30-26)11-16-6-4-3-5-7-16/h3-10,12,14,18-19,31,34H,11,13H2,1-2H3,(H,29,33)(H,27,28,30). The van der Waals surface area contributed by atoms with E-state index in [-0.39, 0.29) is 35.3 Å². The number of ether oxygens (including phenoxy) is 1. The van der Waals surface area contributed by atoms with E-state index in [1.54, 1.807) is 13.0 Å². The van der Waals surface area contributed by atoms with Gasteiger partial charge in [-0.05, 0) is 36.6 Å². The number of phenols is 1. The summed E-state index contributed by atoms with van der Waals surface area (Å²) in [5.41, 5.74) is 0.873. The summed E-state index contributed by atoms with van der Waals surface area (Å²) in [6, 6.07) is 14.8. The minimum Gasteiger partial charge on any atom is -0.504 e. The molecule has 0 bridgehead atoms. The lowest BCUT2D eigenvalue weighted by atomic mass is 9.91. The molecule has 2 atom stereocenters. The number of hydrogen-bond donors (Lipinski definition) is 4. The van der Waals surface area contributed by atoms with E-state index in [0.29, 0.717) is 17.8 Å². The first-order valence-electron chi connectivity index (χ1n) is 11.2. The number of aromatic hydroxyl groups is 2. The summed E-state index contributed by atoms with van der Waals surface area (Å²) in [5, 5.41) is 30.2. The summed E-state index contributed by atoms with van der Waals surface area (Å²) in [4.78, 5) is 29.8. The molecule has 1 amide bonds. The molecule has 10 heteroatoms. The molecule has 0 aliphatic carbocycles. The fraction of sp³-hybridized carbons (Fsp3) is 0.231. The molecule has 0 fully saturated rings. The number of rotatable bonds is 9. The fourth-order valence-electron chi connectivity index (χ4n) is 4.02. The number of aromatic nitrogens is 3. The first-order valence-corrected chi connectivity index (χ1v) is 11.2. The van der Waals surface area contributed by atoms with Gasteiger partial charge in [-0.1, -0.05) is 36.4 Å². The van der Waals surface area contributed by atoms with Crippen molar-refractivity contribution in [3.8, 4) is 17.2 Å². The van der Waals surface area contributed by atoms with E-state index in [9.17, 15) is 19.8 Å². The molecular formula is C26H26N4O6. The molecule has 186 valence electrons. The highest BCUT2D eigenvalue weighted by Gasteiger charge is 2.28. The number of amides is 1. The average Bonchev–Trinajstić information content (AvgIpc) is 3.41. The monoisotopic (exact) mass is 490 g/mol. The zero-order valence-electron chi connectivity index (χ0n) is 19.8. The molecule has 36 heavy (non-hydrogen) atoms. The molecule has 0 aliphatic heterocycles. The van der Waals surface area contributed by atoms with Gasteiger partial charge < -0.3 is 24.7 Å². The Bertz CT molecular complexity index is 1390. The van der Waals surface area contributed by atoms with Crippen molar-refractivity contribution in [2.24, 2.45) is 0 Å². The molecule has 0 spiro atoms. The Labute approximate surface area is 206 Å². The van der Waals surface area contributed by atoms with Crippen molar-refractivity contribution in [3.05, 3.63) is 99.6 Å². The van der Waals surface area contributed by atoms with Crippen LogP contribution in [0.2, 0.25) is 0 Å². The lowest BCUT2D eigenvalue weighted by Crippen LogP contribution is -2.32. The normalized spacial score (nSPS) is 12.6. The van der Waals surface area contributed by atoms with E-state index < -0.39 is 23.1 Å². The summed E-state index contributed by atoms with van der Waals surface area (Å²) in [5.74, 6) is -1.01. The summed E-state index contributed by atoms with van der Waals surface area (Å²) in [6.07, 6.45) is 1.65. The first-order chi connectivity index (χ1) is 17.4. The van der Waals surface area contributed by atoms with Crippen molar-refractivity contribution in [2.45, 2.75) is 31.7 Å². The summed E-state index contributed by atoms with van der Waals surface area (Å²) in [7, 11) is 1.40. The molecular weight excluding hydrogens is 464 g/mol. The Morgan fingerprint density at radius 2 is 1.94 bits per heavy atom. The van der Waals surface area contributed by atoms with Gasteiger partial charge in [0.15, 0.2) is 17.3 Å². The maximum Gasteiger partial charge on any atom is 0.227 e. The zero-order chi connectivity index (χ0) is 25.7. The summed E-state index contributed by atoms with van der Waals surface area (Å²) in [6.45, 7) is 1.58. The number of aryl methyl sites for hydroxylation is 1. The number of carbonyl (C=O) groups excluding carboxylic acids is 1. The van der Waals surface area contributed by atoms with Crippen molar-refractivity contribution in [3.63, 3.8) is 0 Å². The number of nitrogens with one attached hydrogen (secondary N) is 2. The van der Waals surface area contributed by atoms with Crippen LogP contribution in [-0.4, -0.2) is 38.4 Å². The third kappa shape index (κ3) is 5.54. The van der Waals surface area contributed by atoms with Crippen LogP contribution in [0.25, 0.3) is 0 Å². The average molecular weight is 491 g/mol. The van der Waals surface area contributed by atoms with Crippen molar-refractivity contribution in [1.29, 1.82) is 0 Å². The number of H-pyrrole nitrogens is 1. The Morgan fingerprint density at radius 3 is 2.64 bits per heavy atom. The van der Waals surface area contributed by atoms with Crippen molar-refractivity contribution in [1.82, 2.24) is 20.5 Å². The topological polar surface area (TPSA) is 151 Å². The van der Waals surface area contributed by atoms with Gasteiger partial charge in [-0.25, -0.2) is 4.98 Å². The molecule has 4 rings (SSSR count). The summed E-state index contributed by atoms with van der Waals surface area (Å²) >= 11 is 0. The van der Waals surface area contributed by atoms with Crippen LogP contribution in [0.5, 0.6) is 17.2 Å². The van der Waals surface area contributed by atoms with Gasteiger partial charge in [-0.2, -0.15) is 5.10 Å². The van der Waals surface area contributed by atoms with Crippen LogP contribution in [0.1, 0.15) is 46.9 Å². The third-order valence-corrected chi connectivity index (χ3v) is 5.77. The van der Waals surface area contributed by atoms with Crippen LogP contribution in [0.15, 0.2) is 70.1 Å². The molecule has 2 aromatic carbocycles. The fourth-order valence-corrected chi connectivity index (χ4v) is 4.02. The third-order valence-electron chi connectivity index (χ3n) is 5.77. The smallest absolute Gasteiger partial charge is 0.227 e. The van der Waals surface area contributed by atoms with E-state index in [0.717, 1.165) is 5.56 Å².